The molecule has 1 N–H and O–H groups in total. The van der Waals surface area contributed by atoms with Gasteiger partial charge in [-0.2, -0.15) is 0 Å². The lowest BCUT2D eigenvalue weighted by atomic mass is 9.95. The molecule has 0 unspecified atom stereocenters. The zero-order valence-corrected chi connectivity index (χ0v) is 16.1. The van der Waals surface area contributed by atoms with Gasteiger partial charge in [0.15, 0.2) is 5.82 Å². The molecule has 0 aliphatic heterocycles. The van der Waals surface area contributed by atoms with Crippen LogP contribution in [0.3, 0.4) is 0 Å². The standard InChI is InChI=1S/C16H21IN2OS/c1-9(2)8-10-13(17)15(20)19-14(18-10)11-6-7-12(21-11)16(3,4)5/h6-7,9H,8H2,1-5H3,(H,18,19,20). The first-order chi connectivity index (χ1) is 9.68. The van der Waals surface area contributed by atoms with E-state index in [9.17, 15) is 4.79 Å². The number of nitrogens with one attached hydrogen (secondary N) is 1. The van der Waals surface area contributed by atoms with Gasteiger partial charge in [0, 0.05) is 4.88 Å². The van der Waals surface area contributed by atoms with E-state index in [4.69, 9.17) is 0 Å². The van der Waals surface area contributed by atoms with Crippen LogP contribution in [0.4, 0.5) is 0 Å². The third kappa shape index (κ3) is 3.94. The Bertz CT molecular complexity index is 695. The molecule has 2 rings (SSSR count). The molecule has 2 aromatic rings. The molecule has 0 radical (unpaired) electrons. The largest absolute Gasteiger partial charge is 0.305 e. The van der Waals surface area contributed by atoms with E-state index >= 15 is 0 Å². The minimum absolute atomic E-state index is 0.0399. The van der Waals surface area contributed by atoms with Crippen molar-refractivity contribution in [1.29, 1.82) is 0 Å². The Morgan fingerprint density at radius 2 is 2.00 bits per heavy atom. The SMILES string of the molecule is CC(C)Cc1nc(-c2ccc(C(C)(C)C)s2)[nH]c(=O)c1I. The van der Waals surface area contributed by atoms with E-state index in [1.807, 2.05) is 0 Å². The summed E-state index contributed by atoms with van der Waals surface area (Å²) < 4.78 is 0.706. The molecule has 0 aliphatic rings. The van der Waals surface area contributed by atoms with Gasteiger partial charge in [0.05, 0.1) is 14.1 Å². The molecule has 3 nitrogen and oxygen atoms in total. The smallest absolute Gasteiger partial charge is 0.264 e. The second-order valence-corrected chi connectivity index (χ2v) is 8.85. The first-order valence-corrected chi connectivity index (χ1v) is 8.97. The molecule has 0 saturated carbocycles. The van der Waals surface area contributed by atoms with Crippen LogP contribution in [-0.4, -0.2) is 9.97 Å². The van der Waals surface area contributed by atoms with Gasteiger partial charge in [-0.3, -0.25) is 4.79 Å². The third-order valence-corrected chi connectivity index (χ3v) is 5.74. The molecule has 5 heteroatoms. The maximum absolute atomic E-state index is 12.1. The van der Waals surface area contributed by atoms with E-state index < -0.39 is 0 Å². The Kier molecular flexibility index (Phi) is 4.92. The van der Waals surface area contributed by atoms with Gasteiger partial charge in [0.1, 0.15) is 0 Å². The van der Waals surface area contributed by atoms with E-state index in [0.29, 0.717) is 15.3 Å². The molecular weight excluding hydrogens is 395 g/mol. The van der Waals surface area contributed by atoms with Crippen LogP contribution >= 0.6 is 33.9 Å². The second kappa shape index (κ2) is 6.20. The van der Waals surface area contributed by atoms with Crippen molar-refractivity contribution in [1.82, 2.24) is 9.97 Å². The van der Waals surface area contributed by atoms with Crippen LogP contribution in [0.5, 0.6) is 0 Å². The van der Waals surface area contributed by atoms with Gasteiger partial charge in [0.2, 0.25) is 0 Å². The molecule has 2 heterocycles. The molecule has 0 amide bonds. The van der Waals surface area contributed by atoms with Gasteiger partial charge in [-0.25, -0.2) is 4.98 Å². The molecule has 0 aliphatic carbocycles. The number of aromatic amines is 1. The van der Waals surface area contributed by atoms with Crippen molar-refractivity contribution in [3.05, 3.63) is 36.6 Å². The predicted molar refractivity (Wildman–Crippen MR) is 98.1 cm³/mol. The van der Waals surface area contributed by atoms with E-state index in [0.717, 1.165) is 17.0 Å². The van der Waals surface area contributed by atoms with Crippen molar-refractivity contribution in [3.8, 4) is 10.7 Å². The van der Waals surface area contributed by atoms with Crippen molar-refractivity contribution in [2.45, 2.75) is 46.5 Å². The quantitative estimate of drug-likeness (QED) is 0.744. The number of aromatic nitrogens is 2. The molecule has 0 aromatic carbocycles. The summed E-state index contributed by atoms with van der Waals surface area (Å²) >= 11 is 3.79. The van der Waals surface area contributed by atoms with E-state index in [1.165, 1.54) is 4.88 Å². The summed E-state index contributed by atoms with van der Waals surface area (Å²) in [6.45, 7) is 10.9. The summed E-state index contributed by atoms with van der Waals surface area (Å²) in [5, 5.41) is 0. The molecule has 0 bridgehead atoms. The highest BCUT2D eigenvalue weighted by Gasteiger charge is 2.18. The first kappa shape index (κ1) is 16.7. The lowest BCUT2D eigenvalue weighted by Gasteiger charge is -2.15. The van der Waals surface area contributed by atoms with Crippen LogP contribution in [0.2, 0.25) is 0 Å². The van der Waals surface area contributed by atoms with Crippen molar-refractivity contribution in [3.63, 3.8) is 0 Å². The maximum Gasteiger partial charge on any atom is 0.264 e. The number of halogens is 1. The van der Waals surface area contributed by atoms with Crippen LogP contribution in [-0.2, 0) is 11.8 Å². The number of rotatable bonds is 3. The fraction of sp³-hybridized carbons (Fsp3) is 0.500. The van der Waals surface area contributed by atoms with Crippen molar-refractivity contribution in [2.24, 2.45) is 5.92 Å². The Hall–Kier alpha value is -0.690. The summed E-state index contributed by atoms with van der Waals surface area (Å²) in [7, 11) is 0. The molecule has 21 heavy (non-hydrogen) atoms. The molecule has 0 fully saturated rings. The Labute approximate surface area is 143 Å². The van der Waals surface area contributed by atoms with Crippen molar-refractivity contribution >= 4 is 33.9 Å². The van der Waals surface area contributed by atoms with Gasteiger partial charge in [-0.1, -0.05) is 34.6 Å². The van der Waals surface area contributed by atoms with Crippen LogP contribution < -0.4 is 5.56 Å². The Morgan fingerprint density at radius 1 is 1.33 bits per heavy atom. The summed E-state index contributed by atoms with van der Waals surface area (Å²) in [6.07, 6.45) is 0.826. The molecule has 0 spiro atoms. The van der Waals surface area contributed by atoms with E-state index in [-0.39, 0.29) is 11.0 Å². The average molecular weight is 416 g/mol. The van der Waals surface area contributed by atoms with E-state index in [2.05, 4.69) is 79.3 Å². The summed E-state index contributed by atoms with van der Waals surface area (Å²) in [6, 6.07) is 4.18. The van der Waals surface area contributed by atoms with Crippen LogP contribution in [0.25, 0.3) is 10.7 Å². The number of H-pyrrole nitrogens is 1. The second-order valence-electron chi connectivity index (χ2n) is 6.69. The minimum atomic E-state index is -0.0399. The predicted octanol–water partition coefficient (Wildman–Crippen LogP) is 4.60. The number of hydrogen-bond donors (Lipinski definition) is 1. The highest BCUT2D eigenvalue weighted by molar-refractivity contribution is 14.1. The first-order valence-electron chi connectivity index (χ1n) is 7.08. The maximum atomic E-state index is 12.1. The third-order valence-electron chi connectivity index (χ3n) is 3.11. The molecule has 2 aromatic heterocycles. The zero-order chi connectivity index (χ0) is 15.8. The summed E-state index contributed by atoms with van der Waals surface area (Å²) in [5.41, 5.74) is 0.977. The van der Waals surface area contributed by atoms with Gasteiger partial charge in [0.25, 0.3) is 5.56 Å². The van der Waals surface area contributed by atoms with Gasteiger partial charge in [-0.15, -0.1) is 11.3 Å². The topological polar surface area (TPSA) is 45.8 Å². The van der Waals surface area contributed by atoms with Crippen molar-refractivity contribution in [2.75, 3.05) is 0 Å². The van der Waals surface area contributed by atoms with Gasteiger partial charge < -0.3 is 4.98 Å². The molecule has 114 valence electrons. The average Bonchev–Trinajstić information content (AvgIpc) is 2.83. The fourth-order valence-electron chi connectivity index (χ4n) is 2.01. The lowest BCUT2D eigenvalue weighted by molar-refractivity contribution is 0.604. The normalized spacial score (nSPS) is 12.1. The zero-order valence-electron chi connectivity index (χ0n) is 13.1. The Morgan fingerprint density at radius 3 is 2.52 bits per heavy atom. The van der Waals surface area contributed by atoms with E-state index in [1.54, 1.807) is 11.3 Å². The van der Waals surface area contributed by atoms with Crippen molar-refractivity contribution < 1.29 is 0 Å². The lowest BCUT2D eigenvalue weighted by Crippen LogP contribution is -2.17. The van der Waals surface area contributed by atoms with Crippen LogP contribution in [0, 0.1) is 9.49 Å². The highest BCUT2D eigenvalue weighted by atomic mass is 127. The highest BCUT2D eigenvalue weighted by Crippen LogP contribution is 2.33. The minimum Gasteiger partial charge on any atom is -0.305 e. The Balaban J connectivity index is 2.47. The van der Waals surface area contributed by atoms with Crippen LogP contribution in [0.1, 0.15) is 45.2 Å². The molecule has 0 saturated heterocycles. The summed E-state index contributed by atoms with van der Waals surface area (Å²) in [5.74, 6) is 1.17. The monoisotopic (exact) mass is 416 g/mol. The van der Waals surface area contributed by atoms with Gasteiger partial charge in [-0.05, 0) is 52.5 Å². The molecule has 0 atom stereocenters. The molecular formula is C16H21IN2OS. The van der Waals surface area contributed by atoms with Crippen LogP contribution in [0.15, 0.2) is 16.9 Å². The summed E-state index contributed by atoms with van der Waals surface area (Å²) in [4.78, 5) is 22.0. The fourth-order valence-corrected chi connectivity index (χ4v) is 3.50. The van der Waals surface area contributed by atoms with Gasteiger partial charge >= 0.3 is 0 Å². The number of nitrogens with zero attached hydrogens (tertiary/aromatic N) is 1. The number of thiophene rings is 1. The number of hydrogen-bond acceptors (Lipinski definition) is 3.